The van der Waals surface area contributed by atoms with Crippen LogP contribution in [0, 0.1) is 0 Å². The van der Waals surface area contributed by atoms with Crippen molar-refractivity contribution in [1.82, 2.24) is 10.4 Å². The molecule has 1 heterocycles. The number of nitrogens with two attached hydrogens (primary N) is 1. The van der Waals surface area contributed by atoms with Crippen molar-refractivity contribution in [2.45, 2.75) is 18.9 Å². The highest BCUT2D eigenvalue weighted by Crippen LogP contribution is 2.15. The molecule has 2 aromatic rings. The van der Waals surface area contributed by atoms with Crippen LogP contribution in [0.25, 0.3) is 0 Å². The van der Waals surface area contributed by atoms with Crippen LogP contribution in [0.15, 0.2) is 47.2 Å². The zero-order valence-electron chi connectivity index (χ0n) is 11.3. The lowest BCUT2D eigenvalue weighted by atomic mass is 10.0. The predicted molar refractivity (Wildman–Crippen MR) is 83.5 cm³/mol. The number of pyridine rings is 1. The maximum absolute atomic E-state index is 5.66. The zero-order chi connectivity index (χ0) is 14.4. The summed E-state index contributed by atoms with van der Waals surface area (Å²) in [6.45, 7) is 0. The molecule has 1 unspecified atom stereocenters. The second-order valence-corrected chi connectivity index (χ2v) is 5.55. The third kappa shape index (κ3) is 4.30. The minimum Gasteiger partial charge on any atom is -0.497 e. The smallest absolute Gasteiger partial charge is 0.118 e. The molecule has 1 atom stereocenters. The van der Waals surface area contributed by atoms with E-state index in [9.17, 15) is 0 Å². The number of methoxy groups -OCH3 is 1. The van der Waals surface area contributed by atoms with E-state index < -0.39 is 0 Å². The Bertz CT molecular complexity index is 545. The first-order valence-corrected chi connectivity index (χ1v) is 7.19. The molecule has 0 fully saturated rings. The Morgan fingerprint density at radius 2 is 1.90 bits per heavy atom. The van der Waals surface area contributed by atoms with Crippen LogP contribution < -0.4 is 16.0 Å². The maximum atomic E-state index is 5.66. The van der Waals surface area contributed by atoms with Gasteiger partial charge in [0.05, 0.1) is 7.11 Å². The molecule has 106 valence electrons. The molecule has 0 aliphatic heterocycles. The lowest BCUT2D eigenvalue weighted by Gasteiger charge is -2.16. The van der Waals surface area contributed by atoms with E-state index >= 15 is 0 Å². The molecule has 0 aliphatic carbocycles. The number of hydrogen-bond donors (Lipinski definition) is 2. The van der Waals surface area contributed by atoms with Gasteiger partial charge in [-0.05, 0) is 58.1 Å². The summed E-state index contributed by atoms with van der Waals surface area (Å²) in [5, 5.41) is 0. The van der Waals surface area contributed by atoms with Crippen LogP contribution in [0.2, 0.25) is 0 Å². The average molecular weight is 336 g/mol. The van der Waals surface area contributed by atoms with Gasteiger partial charge in [0.2, 0.25) is 0 Å². The van der Waals surface area contributed by atoms with Crippen molar-refractivity contribution in [3.05, 3.63) is 58.3 Å². The Hall–Kier alpha value is -1.43. The fourth-order valence-electron chi connectivity index (χ4n) is 2.09. The minimum atomic E-state index is 0.166. The second-order valence-electron chi connectivity index (χ2n) is 4.63. The summed E-state index contributed by atoms with van der Waals surface area (Å²) in [5.41, 5.74) is 5.24. The Balaban J connectivity index is 2.01. The lowest BCUT2D eigenvalue weighted by molar-refractivity contribution is 0.414. The molecule has 0 radical (unpaired) electrons. The van der Waals surface area contributed by atoms with Crippen molar-refractivity contribution >= 4 is 15.9 Å². The summed E-state index contributed by atoms with van der Waals surface area (Å²) in [5.74, 6) is 6.52. The lowest BCUT2D eigenvalue weighted by Crippen LogP contribution is -2.38. The standard InChI is InChI=1S/C15H18BrN3O/c1-20-15-4-2-11(3-5-15)7-14(19-17)8-12-6-13(16)10-18-9-12/h2-6,9-10,14,19H,7-8,17H2,1H3. The Morgan fingerprint density at radius 1 is 1.20 bits per heavy atom. The van der Waals surface area contributed by atoms with E-state index in [-0.39, 0.29) is 6.04 Å². The van der Waals surface area contributed by atoms with Gasteiger partial charge >= 0.3 is 0 Å². The molecule has 1 aromatic heterocycles. The highest BCUT2D eigenvalue weighted by atomic mass is 79.9. The summed E-state index contributed by atoms with van der Waals surface area (Å²) in [4.78, 5) is 4.17. The van der Waals surface area contributed by atoms with Gasteiger partial charge in [0.1, 0.15) is 5.75 Å². The number of aromatic nitrogens is 1. The van der Waals surface area contributed by atoms with Crippen molar-refractivity contribution in [3.8, 4) is 5.75 Å². The van der Waals surface area contributed by atoms with Gasteiger partial charge in [-0.2, -0.15) is 0 Å². The number of ether oxygens (including phenoxy) is 1. The number of rotatable bonds is 6. The van der Waals surface area contributed by atoms with Crippen molar-refractivity contribution in [2.24, 2.45) is 5.84 Å². The quantitative estimate of drug-likeness (QED) is 0.628. The Labute approximate surface area is 127 Å². The Kier molecular flexibility index (Phi) is 5.52. The van der Waals surface area contributed by atoms with Crippen LogP contribution in [0.5, 0.6) is 5.75 Å². The molecule has 4 nitrogen and oxygen atoms in total. The van der Waals surface area contributed by atoms with E-state index in [1.54, 1.807) is 13.3 Å². The first-order chi connectivity index (χ1) is 9.71. The van der Waals surface area contributed by atoms with Crippen LogP contribution in [0.3, 0.4) is 0 Å². The van der Waals surface area contributed by atoms with Gasteiger partial charge < -0.3 is 4.74 Å². The van der Waals surface area contributed by atoms with E-state index in [2.05, 4.69) is 44.5 Å². The number of nitrogens with zero attached hydrogens (tertiary/aromatic N) is 1. The summed E-state index contributed by atoms with van der Waals surface area (Å²) >= 11 is 3.43. The monoisotopic (exact) mass is 335 g/mol. The van der Waals surface area contributed by atoms with Crippen molar-refractivity contribution in [3.63, 3.8) is 0 Å². The van der Waals surface area contributed by atoms with Gasteiger partial charge in [-0.15, -0.1) is 0 Å². The van der Waals surface area contributed by atoms with Crippen molar-refractivity contribution in [2.75, 3.05) is 7.11 Å². The summed E-state index contributed by atoms with van der Waals surface area (Å²) < 4.78 is 6.14. The summed E-state index contributed by atoms with van der Waals surface area (Å²) in [6, 6.07) is 10.3. The van der Waals surface area contributed by atoms with Crippen LogP contribution in [0.4, 0.5) is 0 Å². The molecule has 0 bridgehead atoms. The molecule has 20 heavy (non-hydrogen) atoms. The van der Waals surface area contributed by atoms with E-state index in [1.165, 1.54) is 5.56 Å². The number of nitrogens with one attached hydrogen (secondary N) is 1. The van der Waals surface area contributed by atoms with E-state index in [4.69, 9.17) is 10.6 Å². The molecule has 5 heteroatoms. The third-order valence-electron chi connectivity index (χ3n) is 3.12. The van der Waals surface area contributed by atoms with E-state index in [0.717, 1.165) is 28.6 Å². The zero-order valence-corrected chi connectivity index (χ0v) is 12.9. The topological polar surface area (TPSA) is 60.2 Å². The SMILES string of the molecule is COc1ccc(CC(Cc2cncc(Br)c2)NN)cc1. The van der Waals surface area contributed by atoms with Gasteiger partial charge in [-0.1, -0.05) is 12.1 Å². The normalized spacial score (nSPS) is 12.2. The number of hydrogen-bond acceptors (Lipinski definition) is 4. The molecule has 0 aliphatic rings. The molecule has 0 saturated heterocycles. The highest BCUT2D eigenvalue weighted by molar-refractivity contribution is 9.10. The van der Waals surface area contributed by atoms with Crippen LogP contribution in [-0.2, 0) is 12.8 Å². The predicted octanol–water partition coefficient (Wildman–Crippen LogP) is 2.47. The second kappa shape index (κ2) is 7.38. The van der Waals surface area contributed by atoms with Crippen LogP contribution >= 0.6 is 15.9 Å². The minimum absolute atomic E-state index is 0.166. The largest absolute Gasteiger partial charge is 0.497 e. The van der Waals surface area contributed by atoms with Crippen LogP contribution in [-0.4, -0.2) is 18.1 Å². The number of hydrazine groups is 1. The summed E-state index contributed by atoms with van der Waals surface area (Å²) in [7, 11) is 1.67. The first kappa shape index (κ1) is 15.0. The number of benzene rings is 1. The third-order valence-corrected chi connectivity index (χ3v) is 3.55. The van der Waals surface area contributed by atoms with Gasteiger partial charge in [0.15, 0.2) is 0 Å². The van der Waals surface area contributed by atoms with E-state index in [1.807, 2.05) is 18.3 Å². The maximum Gasteiger partial charge on any atom is 0.118 e. The number of halogens is 1. The molecule has 2 rings (SSSR count). The average Bonchev–Trinajstić information content (AvgIpc) is 2.47. The first-order valence-electron chi connectivity index (χ1n) is 6.39. The van der Waals surface area contributed by atoms with Gasteiger partial charge in [-0.3, -0.25) is 16.3 Å². The fourth-order valence-corrected chi connectivity index (χ4v) is 2.50. The molecular weight excluding hydrogens is 318 g/mol. The molecule has 0 saturated carbocycles. The van der Waals surface area contributed by atoms with E-state index in [0.29, 0.717) is 0 Å². The van der Waals surface area contributed by atoms with Gasteiger partial charge in [0, 0.05) is 22.9 Å². The summed E-state index contributed by atoms with van der Waals surface area (Å²) in [6.07, 6.45) is 5.32. The molecule has 3 N–H and O–H groups in total. The Morgan fingerprint density at radius 3 is 2.50 bits per heavy atom. The van der Waals surface area contributed by atoms with Crippen molar-refractivity contribution in [1.29, 1.82) is 0 Å². The molecule has 1 aromatic carbocycles. The fraction of sp³-hybridized carbons (Fsp3) is 0.267. The molecular formula is C15H18BrN3O. The molecule has 0 spiro atoms. The molecule has 0 amide bonds. The van der Waals surface area contributed by atoms with Gasteiger partial charge in [-0.25, -0.2) is 0 Å². The van der Waals surface area contributed by atoms with Crippen molar-refractivity contribution < 1.29 is 4.74 Å². The van der Waals surface area contributed by atoms with Gasteiger partial charge in [0.25, 0.3) is 0 Å². The highest BCUT2D eigenvalue weighted by Gasteiger charge is 2.09. The van der Waals surface area contributed by atoms with Crippen LogP contribution in [0.1, 0.15) is 11.1 Å².